The molecular weight excluding hydrogens is 242 g/mol. The molecule has 3 N–H and O–H groups in total. The molecule has 102 valence electrons. The lowest BCUT2D eigenvalue weighted by Gasteiger charge is -2.18. The van der Waals surface area contributed by atoms with Gasteiger partial charge in [-0.1, -0.05) is 11.6 Å². The van der Waals surface area contributed by atoms with Crippen molar-refractivity contribution in [3.63, 3.8) is 0 Å². The minimum Gasteiger partial charge on any atom is -0.508 e. The highest BCUT2D eigenvalue weighted by Crippen LogP contribution is 2.24. The highest BCUT2D eigenvalue weighted by molar-refractivity contribution is 5.73. The second-order valence-electron chi connectivity index (χ2n) is 4.63. The van der Waals surface area contributed by atoms with Crippen LogP contribution in [0.2, 0.25) is 0 Å². The van der Waals surface area contributed by atoms with Crippen LogP contribution in [-0.2, 0) is 4.79 Å². The third-order valence-electron chi connectivity index (χ3n) is 2.70. The Balaban J connectivity index is 2.71. The molecule has 5 nitrogen and oxygen atoms in total. The maximum absolute atomic E-state index is 10.9. The quantitative estimate of drug-likeness (QED) is 0.747. The van der Waals surface area contributed by atoms with E-state index in [1.807, 2.05) is 13.8 Å². The van der Waals surface area contributed by atoms with Crippen molar-refractivity contribution in [3.8, 4) is 11.8 Å². The summed E-state index contributed by atoms with van der Waals surface area (Å²) in [6.45, 7) is 5.64. The van der Waals surface area contributed by atoms with E-state index in [4.69, 9.17) is 0 Å². The Bertz CT molecular complexity index is 494. The van der Waals surface area contributed by atoms with Crippen LogP contribution in [0.15, 0.2) is 18.2 Å². The van der Waals surface area contributed by atoms with E-state index in [0.717, 1.165) is 5.56 Å². The van der Waals surface area contributed by atoms with Gasteiger partial charge in [-0.05, 0) is 26.0 Å². The molecule has 2 atom stereocenters. The molecule has 1 aromatic carbocycles. The van der Waals surface area contributed by atoms with E-state index in [0.29, 0.717) is 12.1 Å². The van der Waals surface area contributed by atoms with Crippen LogP contribution in [0, 0.1) is 18.3 Å². The van der Waals surface area contributed by atoms with E-state index >= 15 is 0 Å². The van der Waals surface area contributed by atoms with Crippen LogP contribution in [0.4, 0.5) is 0 Å². The van der Waals surface area contributed by atoms with Crippen LogP contribution >= 0.6 is 0 Å². The summed E-state index contributed by atoms with van der Waals surface area (Å²) in [5, 5.41) is 24.7. The normalized spacial score (nSPS) is 13.4. The van der Waals surface area contributed by atoms with E-state index in [1.54, 1.807) is 18.2 Å². The number of hydrogen-bond donors (Lipinski definition) is 3. The van der Waals surface area contributed by atoms with Gasteiger partial charge >= 0.3 is 0 Å². The number of nitrogens with one attached hydrogen (secondary N) is 2. The maximum Gasteiger partial charge on any atom is 0.217 e. The van der Waals surface area contributed by atoms with E-state index in [1.165, 1.54) is 6.92 Å². The Morgan fingerprint density at radius 1 is 1.53 bits per heavy atom. The number of carbonyl (C=O) groups is 1. The van der Waals surface area contributed by atoms with Gasteiger partial charge in [0.25, 0.3) is 0 Å². The molecule has 0 radical (unpaired) electrons. The summed E-state index contributed by atoms with van der Waals surface area (Å²) in [5.41, 5.74) is 1.53. The molecule has 5 heteroatoms. The van der Waals surface area contributed by atoms with Crippen LogP contribution in [0.25, 0.3) is 0 Å². The molecule has 0 heterocycles. The second kappa shape index (κ2) is 6.76. The first kappa shape index (κ1) is 15.0. The van der Waals surface area contributed by atoms with Crippen molar-refractivity contribution in [3.05, 3.63) is 29.3 Å². The summed E-state index contributed by atoms with van der Waals surface area (Å²) in [6.07, 6.45) is 0. The fraction of sp³-hybridized carbons (Fsp3) is 0.429. The topological polar surface area (TPSA) is 85.2 Å². The molecule has 0 saturated heterocycles. The molecule has 0 aliphatic carbocycles. The fourth-order valence-electron chi connectivity index (χ4n) is 1.82. The van der Waals surface area contributed by atoms with Crippen molar-refractivity contribution >= 4 is 5.91 Å². The van der Waals surface area contributed by atoms with Gasteiger partial charge in [-0.25, -0.2) is 0 Å². The lowest BCUT2D eigenvalue weighted by molar-refractivity contribution is -0.119. The highest BCUT2D eigenvalue weighted by atomic mass is 16.3. The molecule has 1 amide bonds. The number of benzene rings is 1. The predicted molar refractivity (Wildman–Crippen MR) is 72.5 cm³/mol. The van der Waals surface area contributed by atoms with E-state index < -0.39 is 6.04 Å². The van der Waals surface area contributed by atoms with Crippen LogP contribution in [0.5, 0.6) is 5.75 Å². The number of rotatable bonds is 5. The molecule has 0 fully saturated rings. The molecule has 0 saturated carbocycles. The molecule has 1 rings (SSSR count). The molecule has 1 aromatic rings. The van der Waals surface area contributed by atoms with Gasteiger partial charge in [0.15, 0.2) is 0 Å². The van der Waals surface area contributed by atoms with Gasteiger partial charge in [0, 0.05) is 25.1 Å². The number of amides is 1. The summed E-state index contributed by atoms with van der Waals surface area (Å²) in [6, 6.07) is 6.57. The van der Waals surface area contributed by atoms with Crippen molar-refractivity contribution in [2.75, 3.05) is 6.54 Å². The zero-order valence-electron chi connectivity index (χ0n) is 11.4. The minimum absolute atomic E-state index is 0.0831. The number of phenols is 1. The zero-order chi connectivity index (χ0) is 14.4. The molecular formula is C14H19N3O2. The Labute approximate surface area is 113 Å². The van der Waals surface area contributed by atoms with Crippen LogP contribution in [0.3, 0.4) is 0 Å². The van der Waals surface area contributed by atoms with Crippen molar-refractivity contribution in [2.45, 2.75) is 32.9 Å². The Morgan fingerprint density at radius 3 is 2.79 bits per heavy atom. The zero-order valence-corrected chi connectivity index (χ0v) is 11.4. The third-order valence-corrected chi connectivity index (χ3v) is 2.70. The van der Waals surface area contributed by atoms with Gasteiger partial charge in [-0.3, -0.25) is 10.1 Å². The first-order valence-corrected chi connectivity index (χ1v) is 6.13. The lowest BCUT2D eigenvalue weighted by atomic mass is 10.0. The maximum atomic E-state index is 10.9. The number of nitrogens with zero attached hydrogens (tertiary/aromatic N) is 1. The molecule has 0 spiro atoms. The van der Waals surface area contributed by atoms with Crippen molar-refractivity contribution in [2.24, 2.45) is 0 Å². The number of carbonyl (C=O) groups excluding carboxylic acids is 1. The number of phenolic OH excluding ortho intramolecular Hbond substituents is 1. The van der Waals surface area contributed by atoms with E-state index in [-0.39, 0.29) is 17.7 Å². The molecule has 0 aliphatic heterocycles. The van der Waals surface area contributed by atoms with Crippen LogP contribution < -0.4 is 10.6 Å². The van der Waals surface area contributed by atoms with E-state index in [2.05, 4.69) is 16.7 Å². The number of aryl methyl sites for hydroxylation is 1. The average Bonchev–Trinajstić information content (AvgIpc) is 2.33. The second-order valence-corrected chi connectivity index (χ2v) is 4.63. The first-order chi connectivity index (χ1) is 8.93. The third kappa shape index (κ3) is 4.60. The Kier molecular flexibility index (Phi) is 5.34. The first-order valence-electron chi connectivity index (χ1n) is 6.13. The summed E-state index contributed by atoms with van der Waals surface area (Å²) in [7, 11) is 0. The number of aromatic hydroxyl groups is 1. The molecule has 0 bridgehead atoms. The monoisotopic (exact) mass is 261 g/mol. The fourth-order valence-corrected chi connectivity index (χ4v) is 1.82. The minimum atomic E-state index is -0.601. The van der Waals surface area contributed by atoms with Crippen molar-refractivity contribution < 1.29 is 9.90 Å². The smallest absolute Gasteiger partial charge is 0.217 e. The summed E-state index contributed by atoms with van der Waals surface area (Å²) in [4.78, 5) is 10.9. The SMILES string of the molecule is CC(=O)NC(C)CNC(C#N)c1cc(C)ccc1O. The van der Waals surface area contributed by atoms with Crippen molar-refractivity contribution in [1.82, 2.24) is 10.6 Å². The van der Waals surface area contributed by atoms with Gasteiger partial charge < -0.3 is 10.4 Å². The van der Waals surface area contributed by atoms with Gasteiger partial charge in [0.2, 0.25) is 5.91 Å². The largest absolute Gasteiger partial charge is 0.508 e. The van der Waals surface area contributed by atoms with E-state index in [9.17, 15) is 15.2 Å². The van der Waals surface area contributed by atoms with Crippen molar-refractivity contribution in [1.29, 1.82) is 5.26 Å². The summed E-state index contributed by atoms with van der Waals surface area (Å²) in [5.74, 6) is -0.0157. The molecule has 0 aliphatic rings. The van der Waals surface area contributed by atoms with Gasteiger partial charge in [0.05, 0.1) is 6.07 Å². The molecule has 0 aromatic heterocycles. The number of nitriles is 1. The lowest BCUT2D eigenvalue weighted by Crippen LogP contribution is -2.39. The predicted octanol–water partition coefficient (Wildman–Crippen LogP) is 1.38. The van der Waals surface area contributed by atoms with Gasteiger partial charge in [-0.15, -0.1) is 0 Å². The molecule has 2 unspecified atom stereocenters. The van der Waals surface area contributed by atoms with Gasteiger partial charge in [-0.2, -0.15) is 5.26 Å². The number of hydrogen-bond acceptors (Lipinski definition) is 4. The molecule has 19 heavy (non-hydrogen) atoms. The van der Waals surface area contributed by atoms with Gasteiger partial charge in [0.1, 0.15) is 11.8 Å². The summed E-state index contributed by atoms with van der Waals surface area (Å²) >= 11 is 0. The highest BCUT2D eigenvalue weighted by Gasteiger charge is 2.15. The average molecular weight is 261 g/mol. The summed E-state index contributed by atoms with van der Waals surface area (Å²) < 4.78 is 0. The van der Waals surface area contributed by atoms with Crippen LogP contribution in [-0.4, -0.2) is 23.6 Å². The standard InChI is InChI=1S/C14H19N3O2/c1-9-4-5-14(19)12(6-9)13(7-15)16-8-10(2)17-11(3)18/h4-6,10,13,16,19H,8H2,1-3H3,(H,17,18). The van der Waals surface area contributed by atoms with Crippen LogP contribution in [0.1, 0.15) is 31.0 Å². The Morgan fingerprint density at radius 2 is 2.21 bits per heavy atom. The Hall–Kier alpha value is -2.06.